The zero-order valence-corrected chi connectivity index (χ0v) is 11.0. The van der Waals surface area contributed by atoms with Gasteiger partial charge in [-0.2, -0.15) is 0 Å². The van der Waals surface area contributed by atoms with Gasteiger partial charge >= 0.3 is 6.03 Å². The van der Waals surface area contributed by atoms with Crippen LogP contribution in [0.5, 0.6) is 0 Å². The first-order chi connectivity index (χ1) is 8.22. The predicted molar refractivity (Wildman–Crippen MR) is 70.0 cm³/mol. The number of likely N-dealkylation sites (tertiary alicyclic amines) is 1. The number of aliphatic hydroxyl groups is 1. The number of nitrogens with one attached hydrogen (secondary N) is 1. The molecule has 1 fully saturated rings. The van der Waals surface area contributed by atoms with Gasteiger partial charge in [-0.1, -0.05) is 12.1 Å². The zero-order chi connectivity index (χ0) is 12.3. The fourth-order valence-electron chi connectivity index (χ4n) is 2.04. The van der Waals surface area contributed by atoms with E-state index in [0.29, 0.717) is 6.54 Å². The number of carbonyl (C=O) groups excluding carboxylic acids is 1. The summed E-state index contributed by atoms with van der Waals surface area (Å²) in [6, 6.07) is 7.29. The molecule has 2 N–H and O–H groups in total. The van der Waals surface area contributed by atoms with Crippen molar-refractivity contribution in [3.63, 3.8) is 0 Å². The molecule has 1 aliphatic rings. The van der Waals surface area contributed by atoms with Crippen molar-refractivity contribution in [3.05, 3.63) is 28.7 Å². The van der Waals surface area contributed by atoms with Gasteiger partial charge in [-0.05, 0) is 40.9 Å². The van der Waals surface area contributed by atoms with Crippen LogP contribution in [0.3, 0.4) is 0 Å². The number of hydrogen-bond acceptors (Lipinski definition) is 2. The highest BCUT2D eigenvalue weighted by Crippen LogP contribution is 2.23. The molecular weight excluding hydrogens is 284 g/mol. The van der Waals surface area contributed by atoms with Gasteiger partial charge in [0.25, 0.3) is 0 Å². The summed E-state index contributed by atoms with van der Waals surface area (Å²) in [6.45, 7) is 0.741. The first kappa shape index (κ1) is 12.4. The maximum Gasteiger partial charge on any atom is 0.322 e. The highest BCUT2D eigenvalue weighted by atomic mass is 79.9. The first-order valence-electron chi connectivity index (χ1n) is 5.65. The summed E-state index contributed by atoms with van der Waals surface area (Å²) in [5, 5.41) is 12.0. The largest absolute Gasteiger partial charge is 0.394 e. The van der Waals surface area contributed by atoms with Crippen molar-refractivity contribution in [3.8, 4) is 0 Å². The van der Waals surface area contributed by atoms with Crippen LogP contribution < -0.4 is 5.32 Å². The van der Waals surface area contributed by atoms with Crippen LogP contribution in [0.2, 0.25) is 0 Å². The number of aliphatic hydroxyl groups excluding tert-OH is 1. The lowest BCUT2D eigenvalue weighted by Crippen LogP contribution is -2.40. The number of amides is 2. The Bertz CT molecular complexity index is 411. The van der Waals surface area contributed by atoms with E-state index in [1.807, 2.05) is 24.3 Å². The topological polar surface area (TPSA) is 52.6 Å². The second-order valence-corrected chi connectivity index (χ2v) is 4.94. The molecule has 0 aromatic heterocycles. The monoisotopic (exact) mass is 298 g/mol. The summed E-state index contributed by atoms with van der Waals surface area (Å²) in [4.78, 5) is 13.7. The van der Waals surface area contributed by atoms with Crippen LogP contribution in [0.4, 0.5) is 10.5 Å². The quantitative estimate of drug-likeness (QED) is 0.881. The summed E-state index contributed by atoms with van der Waals surface area (Å²) in [5.74, 6) is 0. The van der Waals surface area contributed by atoms with Gasteiger partial charge < -0.3 is 15.3 Å². The third-order valence-corrected chi connectivity index (χ3v) is 3.66. The average Bonchev–Trinajstić information content (AvgIpc) is 2.80. The lowest BCUT2D eigenvalue weighted by Gasteiger charge is -2.23. The third-order valence-electron chi connectivity index (χ3n) is 2.96. The van der Waals surface area contributed by atoms with Gasteiger partial charge in [-0.25, -0.2) is 4.79 Å². The van der Waals surface area contributed by atoms with E-state index in [9.17, 15) is 9.90 Å². The number of rotatable bonds is 2. The van der Waals surface area contributed by atoms with Crippen molar-refractivity contribution in [1.29, 1.82) is 0 Å². The Kier molecular flexibility index (Phi) is 4.02. The predicted octanol–water partition coefficient (Wildman–Crippen LogP) is 2.44. The van der Waals surface area contributed by atoms with Gasteiger partial charge in [0.2, 0.25) is 0 Å². The Morgan fingerprint density at radius 3 is 3.00 bits per heavy atom. The van der Waals surface area contributed by atoms with Crippen molar-refractivity contribution in [2.75, 3.05) is 18.5 Å². The SMILES string of the molecule is O=C(Nc1ccccc1Br)N1CCC[C@H]1CO. The standard InChI is InChI=1S/C12H15BrN2O2/c13-10-5-1-2-6-11(10)14-12(17)15-7-3-4-9(15)8-16/h1-2,5-6,9,16H,3-4,7-8H2,(H,14,17)/t9-/m0/s1. The van der Waals surface area contributed by atoms with E-state index in [2.05, 4.69) is 21.2 Å². The number of carbonyl (C=O) groups is 1. The van der Waals surface area contributed by atoms with Gasteiger partial charge in [0, 0.05) is 11.0 Å². The zero-order valence-electron chi connectivity index (χ0n) is 9.40. The summed E-state index contributed by atoms with van der Waals surface area (Å²) >= 11 is 3.38. The molecule has 1 saturated heterocycles. The molecule has 0 aliphatic carbocycles. The minimum absolute atomic E-state index is 0.0311. The minimum Gasteiger partial charge on any atom is -0.394 e. The lowest BCUT2D eigenvalue weighted by molar-refractivity contribution is 0.166. The van der Waals surface area contributed by atoms with E-state index in [-0.39, 0.29) is 18.7 Å². The number of urea groups is 1. The maximum absolute atomic E-state index is 12.0. The highest BCUT2D eigenvalue weighted by molar-refractivity contribution is 9.10. The van der Waals surface area contributed by atoms with Crippen molar-refractivity contribution >= 4 is 27.6 Å². The van der Waals surface area contributed by atoms with Crippen molar-refractivity contribution in [2.24, 2.45) is 0 Å². The normalized spacial score (nSPS) is 19.4. The molecule has 17 heavy (non-hydrogen) atoms. The molecule has 0 radical (unpaired) electrons. The van der Waals surface area contributed by atoms with Gasteiger partial charge in [0.1, 0.15) is 0 Å². The van der Waals surface area contributed by atoms with E-state index in [1.165, 1.54) is 0 Å². The number of anilines is 1. The molecule has 1 aliphatic heterocycles. The number of halogens is 1. The summed E-state index contributed by atoms with van der Waals surface area (Å²) in [7, 11) is 0. The second-order valence-electron chi connectivity index (χ2n) is 4.08. The number of para-hydroxylation sites is 1. The van der Waals surface area contributed by atoms with Crippen molar-refractivity contribution in [1.82, 2.24) is 4.90 Å². The molecule has 0 unspecified atom stereocenters. The summed E-state index contributed by atoms with van der Waals surface area (Å²) < 4.78 is 0.855. The van der Waals surface area contributed by atoms with Gasteiger partial charge in [-0.3, -0.25) is 0 Å². The number of hydrogen-bond donors (Lipinski definition) is 2. The molecule has 5 heteroatoms. The second kappa shape index (κ2) is 5.51. The van der Waals surface area contributed by atoms with Gasteiger partial charge in [0.05, 0.1) is 18.3 Å². The van der Waals surface area contributed by atoms with Crippen LogP contribution >= 0.6 is 15.9 Å². The van der Waals surface area contributed by atoms with Crippen molar-refractivity contribution < 1.29 is 9.90 Å². The maximum atomic E-state index is 12.0. The Labute approximate surface area is 109 Å². The summed E-state index contributed by atoms with van der Waals surface area (Å²) in [6.07, 6.45) is 1.83. The molecule has 1 aromatic rings. The molecular formula is C12H15BrN2O2. The molecule has 2 amide bonds. The fourth-order valence-corrected chi connectivity index (χ4v) is 2.43. The highest BCUT2D eigenvalue weighted by Gasteiger charge is 2.28. The Hall–Kier alpha value is -1.07. The molecule has 2 rings (SSSR count). The first-order valence-corrected chi connectivity index (χ1v) is 6.44. The van der Waals surface area contributed by atoms with E-state index in [0.717, 1.165) is 23.0 Å². The molecule has 1 atom stereocenters. The average molecular weight is 299 g/mol. The van der Waals surface area contributed by atoms with E-state index < -0.39 is 0 Å². The number of nitrogens with zero attached hydrogens (tertiary/aromatic N) is 1. The molecule has 1 heterocycles. The van der Waals surface area contributed by atoms with Crippen LogP contribution in [-0.4, -0.2) is 35.2 Å². The Balaban J connectivity index is 2.04. The molecule has 0 spiro atoms. The van der Waals surface area contributed by atoms with Crippen LogP contribution in [0.25, 0.3) is 0 Å². The van der Waals surface area contributed by atoms with Gasteiger partial charge in [-0.15, -0.1) is 0 Å². The molecule has 92 valence electrons. The molecule has 0 saturated carbocycles. The van der Waals surface area contributed by atoms with Crippen LogP contribution in [0.15, 0.2) is 28.7 Å². The molecule has 1 aromatic carbocycles. The van der Waals surface area contributed by atoms with Crippen LogP contribution in [0.1, 0.15) is 12.8 Å². The van der Waals surface area contributed by atoms with E-state index in [1.54, 1.807) is 4.90 Å². The smallest absolute Gasteiger partial charge is 0.322 e. The van der Waals surface area contributed by atoms with Gasteiger partial charge in [0.15, 0.2) is 0 Å². The van der Waals surface area contributed by atoms with Crippen LogP contribution in [0, 0.1) is 0 Å². The Morgan fingerprint density at radius 2 is 2.29 bits per heavy atom. The van der Waals surface area contributed by atoms with E-state index in [4.69, 9.17) is 0 Å². The van der Waals surface area contributed by atoms with Crippen LogP contribution in [-0.2, 0) is 0 Å². The molecule has 0 bridgehead atoms. The Morgan fingerprint density at radius 1 is 1.53 bits per heavy atom. The lowest BCUT2D eigenvalue weighted by atomic mass is 10.2. The van der Waals surface area contributed by atoms with E-state index >= 15 is 0 Å². The van der Waals surface area contributed by atoms with Crippen molar-refractivity contribution in [2.45, 2.75) is 18.9 Å². The summed E-state index contributed by atoms with van der Waals surface area (Å²) in [5.41, 5.74) is 0.751. The third kappa shape index (κ3) is 2.79. The number of benzene rings is 1. The fraction of sp³-hybridized carbons (Fsp3) is 0.417. The molecule has 4 nitrogen and oxygen atoms in total. The minimum atomic E-state index is -0.145.